The number of phenols is 1. The Bertz CT molecular complexity index is 2420. The number of nitrogens with zero attached hydrogens (tertiary/aromatic N) is 4. The summed E-state index contributed by atoms with van der Waals surface area (Å²) in [6.07, 6.45) is 0. The minimum atomic E-state index is -5.08. The molecule has 282 valence electrons. The van der Waals surface area contributed by atoms with Gasteiger partial charge < -0.3 is 10.4 Å². The van der Waals surface area contributed by atoms with Crippen molar-refractivity contribution in [2.24, 2.45) is 20.5 Å². The largest absolute Gasteiger partial charge is 0.505 e. The molecule has 4 rings (SSSR count). The summed E-state index contributed by atoms with van der Waals surface area (Å²) < 4.78 is 98.1. The minimum absolute atomic E-state index is 0.0353. The van der Waals surface area contributed by atoms with Crippen molar-refractivity contribution >= 4 is 87.6 Å². The van der Waals surface area contributed by atoms with Crippen LogP contribution in [0.2, 0.25) is 0 Å². The Kier molecular flexibility index (Phi) is 13.1. The molecule has 4 aromatic carbocycles. The van der Waals surface area contributed by atoms with E-state index in [4.69, 9.17) is 9.81 Å². The van der Waals surface area contributed by atoms with Crippen LogP contribution in [0.3, 0.4) is 0 Å². The van der Waals surface area contributed by atoms with Gasteiger partial charge in [0.05, 0.1) is 51.3 Å². The van der Waals surface area contributed by atoms with E-state index in [1.165, 1.54) is 6.07 Å². The number of phenolic OH excluding ortho intramolecular Hbond substituents is 1. The Morgan fingerprint density at radius 2 is 1.51 bits per heavy atom. The van der Waals surface area contributed by atoms with Crippen LogP contribution in [0, 0.1) is 6.92 Å². The number of nitrogens with one attached hydrogen (secondary N) is 1. The van der Waals surface area contributed by atoms with Crippen molar-refractivity contribution in [3.8, 4) is 5.75 Å². The summed E-state index contributed by atoms with van der Waals surface area (Å²) in [6, 6.07) is 12.4. The molecule has 4 aromatic rings. The smallest absolute Gasteiger partial charge is 0.397 e. The molecule has 24 heteroatoms. The van der Waals surface area contributed by atoms with Crippen LogP contribution in [-0.2, 0) is 53.5 Å². The van der Waals surface area contributed by atoms with Crippen LogP contribution in [0.5, 0.6) is 5.75 Å². The molecule has 0 bridgehead atoms. The van der Waals surface area contributed by atoms with E-state index >= 15 is 0 Å². The third-order valence-electron chi connectivity index (χ3n) is 6.84. The first-order valence-corrected chi connectivity index (χ1v) is 19.6. The summed E-state index contributed by atoms with van der Waals surface area (Å²) in [6.45, 7) is 1.97. The van der Waals surface area contributed by atoms with E-state index in [2.05, 4.69) is 39.3 Å². The van der Waals surface area contributed by atoms with Crippen LogP contribution >= 0.6 is 12.0 Å². The Morgan fingerprint density at radius 1 is 0.887 bits per heavy atom. The van der Waals surface area contributed by atoms with Gasteiger partial charge in [0.1, 0.15) is 10.6 Å². The summed E-state index contributed by atoms with van der Waals surface area (Å²) in [5, 5.41) is 41.2. The van der Waals surface area contributed by atoms with Crippen LogP contribution in [0.25, 0.3) is 10.8 Å². The summed E-state index contributed by atoms with van der Waals surface area (Å²) in [4.78, 5) is 24.5. The number of benzene rings is 4. The van der Waals surface area contributed by atoms with Gasteiger partial charge in [0.2, 0.25) is 6.04 Å². The molecule has 5 N–H and O–H groups in total. The molecule has 0 aromatic heterocycles. The molecule has 0 aliphatic carbocycles. The number of fused-ring (bicyclic) bond motifs is 1. The van der Waals surface area contributed by atoms with Crippen LogP contribution in [0.15, 0.2) is 102 Å². The topological polar surface area (TPSA) is 307 Å². The number of carbonyl (C=O) groups excluding carboxylic acids is 2. The lowest BCUT2D eigenvalue weighted by Gasteiger charge is -2.15. The lowest BCUT2D eigenvalue weighted by molar-refractivity contribution is -0.432. The van der Waals surface area contributed by atoms with Gasteiger partial charge in [0.15, 0.2) is 21.4 Å². The number of ketones is 1. The number of rotatable bonds is 16. The number of anilines is 1. The Labute approximate surface area is 305 Å². The maximum atomic E-state index is 13.3. The predicted octanol–water partition coefficient (Wildman–Crippen LogP) is 5.22. The molecule has 1 atom stereocenters. The van der Waals surface area contributed by atoms with Gasteiger partial charge in [-0.1, -0.05) is 22.7 Å². The van der Waals surface area contributed by atoms with Gasteiger partial charge in [0, 0.05) is 5.39 Å². The number of sulfone groups is 1. The average Bonchev–Trinajstić information content (AvgIpc) is 3.06. The minimum Gasteiger partial charge on any atom is -0.505 e. The van der Waals surface area contributed by atoms with Crippen LogP contribution in [0.1, 0.15) is 12.5 Å². The molecule has 1 unspecified atom stereocenters. The highest BCUT2D eigenvalue weighted by molar-refractivity contribution is 7.94. The number of azo groups is 2. The van der Waals surface area contributed by atoms with Gasteiger partial charge in [0.25, 0.3) is 16.0 Å². The highest BCUT2D eigenvalue weighted by Crippen LogP contribution is 2.45. The molecule has 20 nitrogen and oxygen atoms in total. The van der Waals surface area contributed by atoms with E-state index in [1.54, 1.807) is 24.3 Å². The third-order valence-corrected chi connectivity index (χ3v) is 10.5. The number of amides is 1. The van der Waals surface area contributed by atoms with Crippen LogP contribution in [-0.4, -0.2) is 74.8 Å². The second kappa shape index (κ2) is 16.9. The molecule has 0 radical (unpaired) electrons. The van der Waals surface area contributed by atoms with Crippen molar-refractivity contribution < 1.29 is 67.9 Å². The van der Waals surface area contributed by atoms with E-state index < -0.39 is 76.8 Å². The summed E-state index contributed by atoms with van der Waals surface area (Å²) >= 11 is 0.367. The maximum Gasteiger partial charge on any atom is 0.397 e. The molecular formula is C29H27N5O15S4. The number of hydrogen-bond donors (Lipinski definition) is 5. The second-order valence-electron chi connectivity index (χ2n) is 10.7. The van der Waals surface area contributed by atoms with Crippen molar-refractivity contribution in [3.05, 3.63) is 72.3 Å². The Hall–Kier alpha value is -4.76. The van der Waals surface area contributed by atoms with Gasteiger partial charge in [-0.3, -0.25) is 18.7 Å². The molecule has 0 fully saturated rings. The van der Waals surface area contributed by atoms with Crippen molar-refractivity contribution in [1.82, 2.24) is 0 Å². The molecule has 0 aliphatic heterocycles. The van der Waals surface area contributed by atoms with Crippen LogP contribution < -0.4 is 5.32 Å². The average molecular weight is 814 g/mol. The molecule has 0 saturated carbocycles. The SMILES string of the molecule is CC(=O)C(N=Nc1ccc(S(=O)(=O)CCOS(=O)(=O)O)cc1)C(=O)Nc1cc2c(O)c(N=Nc3ccc(C)cc3)c(SOOO)cc2cc1S(=O)(=O)O. The first kappa shape index (κ1) is 41.0. The normalized spacial score (nSPS) is 13.2. The Balaban J connectivity index is 1.67. The maximum absolute atomic E-state index is 13.3. The quantitative estimate of drug-likeness (QED) is 0.0242. The second-order valence-corrected chi connectivity index (χ2v) is 16.0. The molecular weight excluding hydrogens is 787 g/mol. The van der Waals surface area contributed by atoms with E-state index in [1.807, 2.05) is 6.92 Å². The van der Waals surface area contributed by atoms with E-state index in [0.717, 1.165) is 48.9 Å². The number of hydrogen-bond acceptors (Lipinski definition) is 18. The highest BCUT2D eigenvalue weighted by Gasteiger charge is 2.28. The monoisotopic (exact) mass is 813 g/mol. The molecule has 0 spiro atoms. The lowest BCUT2D eigenvalue weighted by atomic mass is 10.1. The standard InChI is InChI=1S/C29H27N5O15S4/c1-16-3-5-19(6-4-16)32-34-27-24(50-49-48-38)13-18-14-25(52(41,42)43)23(15-22(18)28(27)36)30-29(37)26(17(2)35)33-31-20-7-9-21(10-8-20)51(39,40)12-11-47-53(44,45)46/h3-10,13-15,26,36,38H,11-12H2,1-2H3,(H,30,37)(H,41,42,43)(H,44,45,46). The van der Waals surface area contributed by atoms with Crippen molar-refractivity contribution in [2.45, 2.75) is 34.6 Å². The molecule has 0 aliphatic rings. The summed E-state index contributed by atoms with van der Waals surface area (Å²) in [7, 11) is -14.0. The predicted molar refractivity (Wildman–Crippen MR) is 185 cm³/mol. The zero-order valence-electron chi connectivity index (χ0n) is 27.0. The fourth-order valence-corrected chi connectivity index (χ4v) is 6.99. The fraction of sp³-hybridized carbons (Fsp3) is 0.172. The third kappa shape index (κ3) is 11.1. The molecule has 0 heterocycles. The van der Waals surface area contributed by atoms with E-state index in [-0.39, 0.29) is 31.9 Å². The lowest BCUT2D eigenvalue weighted by Crippen LogP contribution is -2.32. The van der Waals surface area contributed by atoms with Gasteiger partial charge in [-0.05, 0) is 73.8 Å². The van der Waals surface area contributed by atoms with Gasteiger partial charge in [-0.15, -0.1) is 9.45 Å². The molecule has 0 saturated heterocycles. The van der Waals surface area contributed by atoms with Crippen molar-refractivity contribution in [3.63, 3.8) is 0 Å². The number of carbonyl (C=O) groups is 2. The zero-order valence-corrected chi connectivity index (χ0v) is 30.3. The summed E-state index contributed by atoms with van der Waals surface area (Å²) in [5.41, 5.74) is 0.453. The molecule has 1 amide bonds. The zero-order chi connectivity index (χ0) is 39.1. The van der Waals surface area contributed by atoms with Crippen molar-refractivity contribution in [1.29, 1.82) is 0 Å². The highest BCUT2D eigenvalue weighted by atomic mass is 32.3. The first-order chi connectivity index (χ1) is 24.8. The number of aryl methyl sites for hydroxylation is 1. The van der Waals surface area contributed by atoms with Gasteiger partial charge >= 0.3 is 10.4 Å². The Morgan fingerprint density at radius 3 is 2.09 bits per heavy atom. The van der Waals surface area contributed by atoms with Gasteiger partial charge in [-0.2, -0.15) is 32.2 Å². The van der Waals surface area contributed by atoms with Crippen LogP contribution in [0.4, 0.5) is 22.7 Å². The van der Waals surface area contributed by atoms with E-state index in [9.17, 15) is 44.5 Å². The fourth-order valence-electron chi connectivity index (χ4n) is 4.35. The van der Waals surface area contributed by atoms with Crippen molar-refractivity contribution in [2.75, 3.05) is 17.7 Å². The number of Topliss-reactive ketones (excluding diaryl/α,β-unsaturated/α-hetero) is 1. The van der Waals surface area contributed by atoms with E-state index in [0.29, 0.717) is 17.7 Å². The summed E-state index contributed by atoms with van der Waals surface area (Å²) in [5.74, 6) is -3.50. The first-order valence-electron chi connectivity index (χ1n) is 14.4. The molecule has 53 heavy (non-hydrogen) atoms. The van der Waals surface area contributed by atoms with Gasteiger partial charge in [-0.25, -0.2) is 17.9 Å². The number of aromatic hydroxyl groups is 1.